The van der Waals surface area contributed by atoms with Gasteiger partial charge in [0.05, 0.1) is 10.9 Å². The van der Waals surface area contributed by atoms with Gasteiger partial charge in [0.1, 0.15) is 5.01 Å². The third kappa shape index (κ3) is 2.87. The first-order valence-electron chi connectivity index (χ1n) is 5.26. The molecule has 0 spiro atoms. The Labute approximate surface area is 110 Å². The molecule has 5 nitrogen and oxygen atoms in total. The summed E-state index contributed by atoms with van der Waals surface area (Å²) in [5.41, 5.74) is 6.05. The van der Waals surface area contributed by atoms with Crippen molar-refractivity contribution in [2.45, 2.75) is 17.9 Å². The Balaban J connectivity index is 2.20. The molecule has 0 saturated heterocycles. The minimum absolute atomic E-state index is 0.195. The highest BCUT2D eigenvalue weighted by atomic mass is 32.2. The summed E-state index contributed by atoms with van der Waals surface area (Å²) in [6.07, 6.45) is 1.65. The normalized spacial score (nSPS) is 13.4. The average molecular weight is 283 g/mol. The van der Waals surface area contributed by atoms with Gasteiger partial charge in [0, 0.05) is 17.3 Å². The van der Waals surface area contributed by atoms with E-state index in [2.05, 4.69) is 9.71 Å². The first kappa shape index (κ1) is 13.0. The van der Waals surface area contributed by atoms with Gasteiger partial charge in [0.15, 0.2) is 0 Å². The van der Waals surface area contributed by atoms with Crippen LogP contribution in [0.4, 0.5) is 5.69 Å². The Morgan fingerprint density at radius 2 is 2.00 bits per heavy atom. The van der Waals surface area contributed by atoms with E-state index in [-0.39, 0.29) is 10.9 Å². The zero-order valence-electron chi connectivity index (χ0n) is 9.70. The van der Waals surface area contributed by atoms with E-state index >= 15 is 0 Å². The van der Waals surface area contributed by atoms with Crippen molar-refractivity contribution in [2.75, 3.05) is 5.73 Å². The van der Waals surface area contributed by atoms with Crippen molar-refractivity contribution in [1.82, 2.24) is 9.71 Å². The van der Waals surface area contributed by atoms with E-state index in [0.29, 0.717) is 5.69 Å². The number of sulfonamides is 1. The predicted molar refractivity (Wildman–Crippen MR) is 71.7 cm³/mol. The van der Waals surface area contributed by atoms with E-state index in [4.69, 9.17) is 5.73 Å². The summed E-state index contributed by atoms with van der Waals surface area (Å²) in [4.78, 5) is 4.27. The maximum atomic E-state index is 12.1. The van der Waals surface area contributed by atoms with Gasteiger partial charge in [-0.2, -0.15) is 0 Å². The Morgan fingerprint density at radius 1 is 1.33 bits per heavy atom. The van der Waals surface area contributed by atoms with Crippen LogP contribution in [0.2, 0.25) is 0 Å². The molecule has 7 heteroatoms. The number of hydrogen-bond acceptors (Lipinski definition) is 5. The number of nitrogen functional groups attached to an aromatic ring is 1. The van der Waals surface area contributed by atoms with Crippen molar-refractivity contribution in [3.63, 3.8) is 0 Å². The van der Waals surface area contributed by atoms with Crippen LogP contribution >= 0.6 is 11.3 Å². The largest absolute Gasteiger partial charge is 0.399 e. The Bertz CT molecular complexity index is 606. The van der Waals surface area contributed by atoms with Gasteiger partial charge in [-0.3, -0.25) is 0 Å². The van der Waals surface area contributed by atoms with E-state index in [0.717, 1.165) is 5.01 Å². The van der Waals surface area contributed by atoms with Crippen LogP contribution in [0, 0.1) is 0 Å². The first-order chi connectivity index (χ1) is 8.49. The average Bonchev–Trinajstić information content (AvgIpc) is 2.82. The number of aromatic nitrogens is 1. The zero-order valence-corrected chi connectivity index (χ0v) is 11.3. The third-order valence-corrected chi connectivity index (χ3v) is 4.86. The number of nitrogens with two attached hydrogens (primary N) is 1. The third-order valence-electron chi connectivity index (χ3n) is 2.34. The molecule has 0 fully saturated rings. The Hall–Kier alpha value is -1.44. The van der Waals surface area contributed by atoms with Crippen LogP contribution < -0.4 is 10.5 Å². The number of nitrogens with zero attached hydrogens (tertiary/aromatic N) is 1. The molecule has 0 aliphatic heterocycles. The van der Waals surface area contributed by atoms with E-state index in [1.54, 1.807) is 25.3 Å². The molecule has 0 saturated carbocycles. The van der Waals surface area contributed by atoms with Gasteiger partial charge in [0.25, 0.3) is 0 Å². The number of benzene rings is 1. The van der Waals surface area contributed by atoms with E-state index in [1.807, 2.05) is 5.38 Å². The standard InChI is InChI=1S/C11H13N3O2S2/c1-8(11-13-6-7-17-11)14-18(15,16)10-4-2-9(12)3-5-10/h2-8,14H,12H2,1H3. The maximum Gasteiger partial charge on any atom is 0.241 e. The van der Waals surface area contributed by atoms with Gasteiger partial charge in [-0.1, -0.05) is 0 Å². The molecular formula is C11H13N3O2S2. The SMILES string of the molecule is CC(NS(=O)(=O)c1ccc(N)cc1)c1nccs1. The van der Waals surface area contributed by atoms with E-state index in [9.17, 15) is 8.42 Å². The molecule has 2 rings (SSSR count). The summed E-state index contributed by atoms with van der Waals surface area (Å²) in [5.74, 6) is 0. The van der Waals surface area contributed by atoms with Crippen molar-refractivity contribution >= 4 is 27.0 Å². The van der Waals surface area contributed by atoms with Gasteiger partial charge >= 0.3 is 0 Å². The quantitative estimate of drug-likeness (QED) is 0.837. The molecule has 0 aliphatic carbocycles. The monoisotopic (exact) mass is 283 g/mol. The van der Waals surface area contributed by atoms with Gasteiger partial charge in [-0.05, 0) is 31.2 Å². The molecule has 1 atom stereocenters. The lowest BCUT2D eigenvalue weighted by atomic mass is 10.3. The van der Waals surface area contributed by atoms with Crippen LogP contribution in [0.3, 0.4) is 0 Å². The van der Waals surface area contributed by atoms with Crippen LogP contribution in [0.25, 0.3) is 0 Å². The number of thiazole rings is 1. The van der Waals surface area contributed by atoms with Crippen molar-refractivity contribution < 1.29 is 8.42 Å². The van der Waals surface area contributed by atoms with E-state index < -0.39 is 10.0 Å². The molecule has 0 radical (unpaired) electrons. The molecule has 0 bridgehead atoms. The molecule has 0 amide bonds. The summed E-state index contributed by atoms with van der Waals surface area (Å²) in [7, 11) is -3.54. The van der Waals surface area contributed by atoms with Crippen LogP contribution in [0.5, 0.6) is 0 Å². The molecular weight excluding hydrogens is 270 g/mol. The highest BCUT2D eigenvalue weighted by molar-refractivity contribution is 7.89. The Kier molecular flexibility index (Phi) is 3.65. The second-order valence-electron chi connectivity index (χ2n) is 3.78. The van der Waals surface area contributed by atoms with Gasteiger partial charge in [-0.15, -0.1) is 11.3 Å². The second kappa shape index (κ2) is 5.05. The maximum absolute atomic E-state index is 12.1. The minimum Gasteiger partial charge on any atom is -0.399 e. The fourth-order valence-corrected chi connectivity index (χ4v) is 3.37. The van der Waals surface area contributed by atoms with Crippen molar-refractivity contribution in [3.8, 4) is 0 Å². The molecule has 2 aromatic rings. The summed E-state index contributed by atoms with van der Waals surface area (Å²) in [6, 6.07) is 5.72. The fraction of sp³-hybridized carbons (Fsp3) is 0.182. The van der Waals surface area contributed by atoms with Crippen LogP contribution in [-0.2, 0) is 10.0 Å². The number of rotatable bonds is 4. The summed E-state index contributed by atoms with van der Waals surface area (Å²) >= 11 is 1.41. The number of nitrogens with one attached hydrogen (secondary N) is 1. The molecule has 96 valence electrons. The smallest absolute Gasteiger partial charge is 0.241 e. The summed E-state index contributed by atoms with van der Waals surface area (Å²) in [5, 5.41) is 2.54. The van der Waals surface area contributed by atoms with E-state index in [1.165, 1.54) is 23.5 Å². The van der Waals surface area contributed by atoms with Crippen LogP contribution in [0.15, 0.2) is 40.7 Å². The first-order valence-corrected chi connectivity index (χ1v) is 7.62. The number of anilines is 1. The summed E-state index contributed by atoms with van der Waals surface area (Å²) < 4.78 is 26.7. The van der Waals surface area contributed by atoms with Gasteiger partial charge < -0.3 is 5.73 Å². The van der Waals surface area contributed by atoms with Crippen LogP contribution in [0.1, 0.15) is 18.0 Å². The highest BCUT2D eigenvalue weighted by Crippen LogP contribution is 2.19. The molecule has 1 aromatic carbocycles. The Morgan fingerprint density at radius 3 is 2.56 bits per heavy atom. The van der Waals surface area contributed by atoms with Gasteiger partial charge in [-0.25, -0.2) is 18.1 Å². The lowest BCUT2D eigenvalue weighted by Crippen LogP contribution is -2.26. The van der Waals surface area contributed by atoms with Crippen molar-refractivity contribution in [1.29, 1.82) is 0 Å². The zero-order chi connectivity index (χ0) is 13.2. The predicted octanol–water partition coefficient (Wildman–Crippen LogP) is 1.76. The lowest BCUT2D eigenvalue weighted by Gasteiger charge is -2.11. The van der Waals surface area contributed by atoms with Crippen molar-refractivity contribution in [2.24, 2.45) is 0 Å². The molecule has 3 N–H and O–H groups in total. The molecule has 1 aromatic heterocycles. The van der Waals surface area contributed by atoms with Gasteiger partial charge in [0.2, 0.25) is 10.0 Å². The topological polar surface area (TPSA) is 85.1 Å². The molecule has 1 unspecified atom stereocenters. The molecule has 18 heavy (non-hydrogen) atoms. The summed E-state index contributed by atoms with van der Waals surface area (Å²) in [6.45, 7) is 1.76. The second-order valence-corrected chi connectivity index (χ2v) is 6.42. The molecule has 0 aliphatic rings. The minimum atomic E-state index is -3.54. The highest BCUT2D eigenvalue weighted by Gasteiger charge is 2.19. The number of hydrogen-bond donors (Lipinski definition) is 2. The lowest BCUT2D eigenvalue weighted by molar-refractivity contribution is 0.566. The van der Waals surface area contributed by atoms with Crippen LogP contribution in [-0.4, -0.2) is 13.4 Å². The fourth-order valence-electron chi connectivity index (χ4n) is 1.45. The van der Waals surface area contributed by atoms with Crippen molar-refractivity contribution in [3.05, 3.63) is 40.8 Å². The molecule has 1 heterocycles.